The number of esters is 1. The van der Waals surface area contributed by atoms with Crippen LogP contribution in [0.1, 0.15) is 29.4 Å². The van der Waals surface area contributed by atoms with E-state index in [1.54, 1.807) is 12.1 Å². The molecule has 0 unspecified atom stereocenters. The van der Waals surface area contributed by atoms with Gasteiger partial charge >= 0.3 is 5.97 Å². The number of aromatic hydroxyl groups is 1. The number of hydrogen-bond acceptors (Lipinski definition) is 9. The number of fused-ring (bicyclic) bond motifs is 1. The Bertz CT molecular complexity index is 1030. The maximum absolute atomic E-state index is 12.5. The molecule has 166 valence electrons. The molecule has 0 saturated carbocycles. The van der Waals surface area contributed by atoms with Crippen LogP contribution in [0.25, 0.3) is 0 Å². The topological polar surface area (TPSA) is 108 Å². The Balaban J connectivity index is 1.75. The fourth-order valence-corrected chi connectivity index (χ4v) is 3.92. The number of hydrogen-bond donors (Lipinski definition) is 1. The van der Waals surface area contributed by atoms with Crippen molar-refractivity contribution in [3.63, 3.8) is 0 Å². The lowest BCUT2D eigenvalue weighted by Crippen LogP contribution is -2.35. The first-order valence-corrected chi connectivity index (χ1v) is 10.2. The fourth-order valence-electron chi connectivity index (χ4n) is 3.65. The lowest BCUT2D eigenvalue weighted by molar-refractivity contribution is -0.140. The average molecular weight is 452 g/mol. The molecule has 2 aromatic rings. The molecule has 4 rings (SSSR count). The van der Waals surface area contributed by atoms with Gasteiger partial charge in [-0.1, -0.05) is 11.6 Å². The minimum absolute atomic E-state index is 0.0234. The van der Waals surface area contributed by atoms with Gasteiger partial charge in [0.05, 0.1) is 44.2 Å². The summed E-state index contributed by atoms with van der Waals surface area (Å²) < 4.78 is 26.9. The number of halogens is 1. The molecule has 0 aliphatic carbocycles. The quantitative estimate of drug-likeness (QED) is 0.661. The minimum atomic E-state index is -0.822. The first-order valence-electron chi connectivity index (χ1n) is 9.78. The minimum Gasteiger partial charge on any atom is -0.502 e. The van der Waals surface area contributed by atoms with Gasteiger partial charge in [0.2, 0.25) is 18.0 Å². The smallest absolute Gasteiger partial charge is 0.306 e. The predicted octanol–water partition coefficient (Wildman–Crippen LogP) is 2.25. The second kappa shape index (κ2) is 9.17. The Hall–Kier alpha value is -2.75. The Morgan fingerprint density at radius 1 is 1.26 bits per heavy atom. The summed E-state index contributed by atoms with van der Waals surface area (Å²) in [4.78, 5) is 26.7. The SMILES string of the molecule is COC(=O)C[C@H](c1cc(Cl)c2c(c1)OCO2)c1oc(CN2CCOCC2)cc(=O)c1O. The van der Waals surface area contributed by atoms with Crippen molar-refractivity contribution in [2.24, 2.45) is 0 Å². The number of ether oxygens (including phenoxy) is 4. The Kier molecular flexibility index (Phi) is 6.35. The van der Waals surface area contributed by atoms with Crippen LogP contribution in [-0.2, 0) is 20.8 Å². The number of methoxy groups -OCH3 is 1. The third-order valence-electron chi connectivity index (χ3n) is 5.25. The molecule has 2 aliphatic heterocycles. The number of carbonyl (C=O) groups is 1. The monoisotopic (exact) mass is 451 g/mol. The van der Waals surface area contributed by atoms with Crippen molar-refractivity contribution in [2.75, 3.05) is 40.2 Å². The molecule has 2 aliphatic rings. The van der Waals surface area contributed by atoms with Gasteiger partial charge in [-0.3, -0.25) is 14.5 Å². The fraction of sp³-hybridized carbons (Fsp3) is 0.429. The second-order valence-corrected chi connectivity index (χ2v) is 7.65. The molecular weight excluding hydrogens is 430 g/mol. The van der Waals surface area contributed by atoms with Crippen molar-refractivity contribution < 1.29 is 33.3 Å². The first-order chi connectivity index (χ1) is 15.0. The Labute approximate surface area is 183 Å². The third kappa shape index (κ3) is 4.63. The molecule has 1 fully saturated rings. The van der Waals surface area contributed by atoms with Crippen LogP contribution >= 0.6 is 11.6 Å². The van der Waals surface area contributed by atoms with Crippen LogP contribution in [0.3, 0.4) is 0 Å². The summed E-state index contributed by atoms with van der Waals surface area (Å²) in [6.07, 6.45) is -0.177. The molecule has 1 N–H and O–H groups in total. The lowest BCUT2D eigenvalue weighted by Gasteiger charge is -2.26. The predicted molar refractivity (Wildman–Crippen MR) is 109 cm³/mol. The third-order valence-corrected chi connectivity index (χ3v) is 5.53. The number of rotatable bonds is 6. The van der Waals surface area contributed by atoms with Gasteiger partial charge in [-0.15, -0.1) is 0 Å². The van der Waals surface area contributed by atoms with Gasteiger partial charge in [-0.2, -0.15) is 0 Å². The zero-order valence-corrected chi connectivity index (χ0v) is 17.6. The van der Waals surface area contributed by atoms with E-state index in [0.29, 0.717) is 55.7 Å². The normalized spacial score (nSPS) is 16.8. The van der Waals surface area contributed by atoms with Gasteiger partial charge in [0, 0.05) is 19.2 Å². The lowest BCUT2D eigenvalue weighted by atomic mass is 9.91. The van der Waals surface area contributed by atoms with Crippen molar-refractivity contribution in [1.82, 2.24) is 4.90 Å². The van der Waals surface area contributed by atoms with Gasteiger partial charge in [-0.05, 0) is 17.7 Å². The van der Waals surface area contributed by atoms with E-state index in [1.807, 2.05) is 0 Å². The summed E-state index contributed by atoms with van der Waals surface area (Å²) >= 11 is 6.31. The van der Waals surface area contributed by atoms with E-state index in [4.69, 9.17) is 35.0 Å². The molecule has 10 heteroatoms. The highest BCUT2D eigenvalue weighted by atomic mass is 35.5. The van der Waals surface area contributed by atoms with E-state index >= 15 is 0 Å². The molecular formula is C21H22ClNO8. The second-order valence-electron chi connectivity index (χ2n) is 7.25. The van der Waals surface area contributed by atoms with Crippen LogP contribution in [-0.4, -0.2) is 56.2 Å². The van der Waals surface area contributed by atoms with Crippen molar-refractivity contribution in [3.8, 4) is 17.2 Å². The van der Waals surface area contributed by atoms with E-state index in [9.17, 15) is 14.7 Å². The molecule has 31 heavy (non-hydrogen) atoms. The molecule has 0 radical (unpaired) electrons. The van der Waals surface area contributed by atoms with E-state index in [0.717, 1.165) is 0 Å². The molecule has 0 amide bonds. The van der Waals surface area contributed by atoms with Gasteiger partial charge in [0.1, 0.15) is 5.76 Å². The maximum atomic E-state index is 12.5. The Morgan fingerprint density at radius 3 is 2.77 bits per heavy atom. The molecule has 0 spiro atoms. The van der Waals surface area contributed by atoms with Gasteiger partial charge in [0.15, 0.2) is 17.3 Å². The number of carbonyl (C=O) groups excluding carboxylic acids is 1. The van der Waals surface area contributed by atoms with Crippen LogP contribution in [0.15, 0.2) is 27.4 Å². The van der Waals surface area contributed by atoms with E-state index < -0.39 is 23.1 Å². The zero-order valence-electron chi connectivity index (χ0n) is 16.9. The summed E-state index contributed by atoms with van der Waals surface area (Å²) in [7, 11) is 1.26. The van der Waals surface area contributed by atoms with E-state index in [-0.39, 0.29) is 24.0 Å². The van der Waals surface area contributed by atoms with E-state index in [2.05, 4.69) is 4.90 Å². The largest absolute Gasteiger partial charge is 0.502 e. The van der Waals surface area contributed by atoms with E-state index in [1.165, 1.54) is 13.2 Å². The van der Waals surface area contributed by atoms with Crippen molar-refractivity contribution in [2.45, 2.75) is 18.9 Å². The molecule has 9 nitrogen and oxygen atoms in total. The standard InChI is InChI=1S/C21H22ClNO8/c1-27-18(25)9-14(12-6-15(22)21-17(7-12)29-11-30-21)20-19(26)16(24)8-13(31-20)10-23-2-4-28-5-3-23/h6-8,14,26H,2-5,9-11H2,1H3/t14-/m1/s1. The van der Waals surface area contributed by atoms with Crippen LogP contribution in [0, 0.1) is 0 Å². The highest BCUT2D eigenvalue weighted by Crippen LogP contribution is 2.44. The summed E-state index contributed by atoms with van der Waals surface area (Å²) in [5.74, 6) is -0.778. The molecule has 1 atom stereocenters. The summed E-state index contributed by atoms with van der Waals surface area (Å²) in [5, 5.41) is 10.8. The maximum Gasteiger partial charge on any atom is 0.306 e. The summed E-state index contributed by atoms with van der Waals surface area (Å²) in [5.41, 5.74) is -0.0761. The Morgan fingerprint density at radius 2 is 2.03 bits per heavy atom. The number of morpholine rings is 1. The van der Waals surface area contributed by atoms with Crippen molar-refractivity contribution in [1.29, 1.82) is 0 Å². The van der Waals surface area contributed by atoms with Crippen LogP contribution in [0.2, 0.25) is 5.02 Å². The van der Waals surface area contributed by atoms with Crippen LogP contribution < -0.4 is 14.9 Å². The highest BCUT2D eigenvalue weighted by Gasteiger charge is 2.30. The molecule has 1 saturated heterocycles. The van der Waals surface area contributed by atoms with Crippen molar-refractivity contribution >= 4 is 17.6 Å². The van der Waals surface area contributed by atoms with Crippen LogP contribution in [0.5, 0.6) is 17.2 Å². The number of nitrogens with zero attached hydrogens (tertiary/aromatic N) is 1. The molecule has 1 aromatic carbocycles. The highest BCUT2D eigenvalue weighted by molar-refractivity contribution is 6.32. The van der Waals surface area contributed by atoms with Gasteiger partial charge in [0.25, 0.3) is 0 Å². The van der Waals surface area contributed by atoms with Crippen LogP contribution in [0.4, 0.5) is 0 Å². The molecule has 0 bridgehead atoms. The molecule has 1 aromatic heterocycles. The zero-order chi connectivity index (χ0) is 22.0. The van der Waals surface area contributed by atoms with Gasteiger partial charge < -0.3 is 28.5 Å². The summed E-state index contributed by atoms with van der Waals surface area (Å²) in [6.45, 7) is 2.98. The number of benzene rings is 1. The first kappa shape index (κ1) is 21.5. The summed E-state index contributed by atoms with van der Waals surface area (Å²) in [6, 6.07) is 4.50. The van der Waals surface area contributed by atoms with Gasteiger partial charge in [-0.25, -0.2) is 0 Å². The average Bonchev–Trinajstić information content (AvgIpc) is 3.24. The molecule has 3 heterocycles. The van der Waals surface area contributed by atoms with Crippen molar-refractivity contribution in [3.05, 3.63) is 50.5 Å².